The highest BCUT2D eigenvalue weighted by Gasteiger charge is 2.17. The fourth-order valence-electron chi connectivity index (χ4n) is 1.76. The van der Waals surface area contributed by atoms with Crippen molar-refractivity contribution in [3.8, 4) is 11.5 Å². The van der Waals surface area contributed by atoms with Gasteiger partial charge in [0.25, 0.3) is 0 Å². The molecule has 0 fully saturated rings. The van der Waals surface area contributed by atoms with Gasteiger partial charge in [-0.3, -0.25) is 10.1 Å². The molecule has 0 aliphatic carbocycles. The molecule has 2 rings (SSSR count). The van der Waals surface area contributed by atoms with E-state index in [2.05, 4.69) is 31.9 Å². The number of nitro benzene ring substituents is 1. The van der Waals surface area contributed by atoms with Crippen LogP contribution in [0, 0.1) is 10.1 Å². The zero-order valence-electron chi connectivity index (χ0n) is 10.9. The highest BCUT2D eigenvalue weighted by molar-refractivity contribution is 9.10. The Morgan fingerprint density at radius 1 is 1.24 bits per heavy atom. The Hall–Kier alpha value is -1.44. The van der Waals surface area contributed by atoms with Crippen LogP contribution in [0.4, 0.5) is 5.69 Å². The van der Waals surface area contributed by atoms with Crippen molar-refractivity contribution in [3.05, 3.63) is 61.0 Å². The number of nitro groups is 1. The van der Waals surface area contributed by atoms with Crippen LogP contribution in [0.25, 0.3) is 0 Å². The third-order valence-electron chi connectivity index (χ3n) is 2.77. The zero-order valence-corrected chi connectivity index (χ0v) is 14.1. The Bertz CT molecular complexity index is 689. The van der Waals surface area contributed by atoms with Crippen molar-refractivity contribution < 1.29 is 14.8 Å². The van der Waals surface area contributed by atoms with E-state index in [1.54, 1.807) is 31.2 Å². The van der Waals surface area contributed by atoms with Gasteiger partial charge in [-0.2, -0.15) is 0 Å². The fraction of sp³-hybridized carbons (Fsp3) is 0.143. The second kappa shape index (κ2) is 6.55. The zero-order chi connectivity index (χ0) is 15.6. The Balaban J connectivity index is 2.35. The smallest absolute Gasteiger partial charge is 0.312 e. The summed E-state index contributed by atoms with van der Waals surface area (Å²) in [5, 5.41) is 20.6. The Morgan fingerprint density at radius 2 is 1.95 bits per heavy atom. The van der Waals surface area contributed by atoms with Crippen LogP contribution in [-0.2, 0) is 0 Å². The molecule has 0 aliphatic rings. The molecular weight excluding hydrogens is 406 g/mol. The number of hydrogen-bond donors (Lipinski definition) is 1. The summed E-state index contributed by atoms with van der Waals surface area (Å²) in [6.45, 7) is 1.65. The second-order valence-corrected chi connectivity index (χ2v) is 6.10. The molecule has 0 heterocycles. The molecule has 0 bridgehead atoms. The number of aliphatic hydroxyl groups excluding tert-OH is 1. The van der Waals surface area contributed by atoms with E-state index in [1.165, 1.54) is 12.1 Å². The number of aliphatic hydroxyl groups is 1. The van der Waals surface area contributed by atoms with Gasteiger partial charge in [-0.05, 0) is 36.8 Å². The summed E-state index contributed by atoms with van der Waals surface area (Å²) < 4.78 is 6.85. The van der Waals surface area contributed by atoms with E-state index < -0.39 is 11.0 Å². The monoisotopic (exact) mass is 415 g/mol. The second-order valence-electron chi connectivity index (χ2n) is 4.33. The van der Waals surface area contributed by atoms with Crippen LogP contribution in [0.3, 0.4) is 0 Å². The molecule has 0 aromatic heterocycles. The average Bonchev–Trinajstić information content (AvgIpc) is 2.40. The lowest BCUT2D eigenvalue weighted by molar-refractivity contribution is -0.385. The van der Waals surface area contributed by atoms with Gasteiger partial charge in [0.15, 0.2) is 0 Å². The molecule has 2 aromatic carbocycles. The molecule has 0 saturated carbocycles. The van der Waals surface area contributed by atoms with Crippen molar-refractivity contribution in [1.29, 1.82) is 0 Å². The lowest BCUT2D eigenvalue weighted by Crippen LogP contribution is -1.95. The van der Waals surface area contributed by atoms with Crippen LogP contribution in [0.2, 0.25) is 0 Å². The lowest BCUT2D eigenvalue weighted by Gasteiger charge is -2.11. The standard InChI is InChI=1S/C14H11Br2NO4/c1-8(18)11-4-3-10(7-12(11)16)21-14-5-2-9(15)6-13(14)17(19)20/h2-8,18H,1H3/t8-/m1/s1. The van der Waals surface area contributed by atoms with E-state index in [1.807, 2.05) is 0 Å². The molecule has 1 N–H and O–H groups in total. The Labute approximate surface area is 138 Å². The molecular formula is C14H11Br2NO4. The first-order valence-electron chi connectivity index (χ1n) is 5.98. The summed E-state index contributed by atoms with van der Waals surface area (Å²) in [6, 6.07) is 9.59. The van der Waals surface area contributed by atoms with Crippen molar-refractivity contribution in [2.45, 2.75) is 13.0 Å². The Kier molecular flexibility index (Phi) is 4.97. The average molecular weight is 417 g/mol. The van der Waals surface area contributed by atoms with Crippen LogP contribution in [0.5, 0.6) is 11.5 Å². The summed E-state index contributed by atoms with van der Waals surface area (Å²) in [5.41, 5.74) is 0.591. The van der Waals surface area contributed by atoms with E-state index in [0.717, 1.165) is 0 Å². The first kappa shape index (κ1) is 15.9. The molecule has 110 valence electrons. The van der Waals surface area contributed by atoms with Gasteiger partial charge < -0.3 is 9.84 Å². The summed E-state index contributed by atoms with van der Waals surface area (Å²) >= 11 is 6.53. The van der Waals surface area contributed by atoms with Gasteiger partial charge in [0, 0.05) is 15.0 Å². The van der Waals surface area contributed by atoms with E-state index in [4.69, 9.17) is 4.74 Å². The van der Waals surface area contributed by atoms with Gasteiger partial charge in [-0.25, -0.2) is 0 Å². The maximum absolute atomic E-state index is 11.0. The maximum Gasteiger partial charge on any atom is 0.312 e. The summed E-state index contributed by atoms with van der Waals surface area (Å²) in [4.78, 5) is 10.5. The molecule has 7 heteroatoms. The molecule has 0 spiro atoms. The van der Waals surface area contributed by atoms with Crippen LogP contribution in [-0.4, -0.2) is 10.0 Å². The molecule has 2 aromatic rings. The minimum Gasteiger partial charge on any atom is -0.450 e. The molecule has 0 unspecified atom stereocenters. The van der Waals surface area contributed by atoms with Gasteiger partial charge >= 0.3 is 5.69 Å². The maximum atomic E-state index is 11.0. The van der Waals surface area contributed by atoms with Gasteiger partial charge in [0.05, 0.1) is 11.0 Å². The van der Waals surface area contributed by atoms with Crippen molar-refractivity contribution in [1.82, 2.24) is 0 Å². The number of ether oxygens (including phenoxy) is 1. The van der Waals surface area contributed by atoms with E-state index >= 15 is 0 Å². The molecule has 5 nitrogen and oxygen atoms in total. The highest BCUT2D eigenvalue weighted by atomic mass is 79.9. The molecule has 21 heavy (non-hydrogen) atoms. The van der Waals surface area contributed by atoms with Gasteiger partial charge in [0.2, 0.25) is 5.75 Å². The van der Waals surface area contributed by atoms with E-state index in [-0.39, 0.29) is 11.4 Å². The van der Waals surface area contributed by atoms with Gasteiger partial charge in [-0.1, -0.05) is 37.9 Å². The van der Waals surface area contributed by atoms with Crippen LogP contribution < -0.4 is 4.74 Å². The first-order chi connectivity index (χ1) is 9.88. The third kappa shape index (κ3) is 3.81. The topological polar surface area (TPSA) is 72.6 Å². The van der Waals surface area contributed by atoms with E-state index in [9.17, 15) is 15.2 Å². The number of nitrogens with zero attached hydrogens (tertiary/aromatic N) is 1. The van der Waals surface area contributed by atoms with Crippen molar-refractivity contribution in [3.63, 3.8) is 0 Å². The minimum absolute atomic E-state index is 0.125. The summed E-state index contributed by atoms with van der Waals surface area (Å²) in [6.07, 6.45) is -0.615. The molecule has 0 radical (unpaired) electrons. The number of hydrogen-bond acceptors (Lipinski definition) is 4. The van der Waals surface area contributed by atoms with Gasteiger partial charge in [-0.15, -0.1) is 0 Å². The van der Waals surface area contributed by atoms with Crippen molar-refractivity contribution in [2.75, 3.05) is 0 Å². The first-order valence-corrected chi connectivity index (χ1v) is 7.56. The summed E-state index contributed by atoms with van der Waals surface area (Å²) in [7, 11) is 0. The number of halogens is 2. The van der Waals surface area contributed by atoms with Crippen molar-refractivity contribution in [2.24, 2.45) is 0 Å². The molecule has 1 atom stereocenters. The quantitative estimate of drug-likeness (QED) is 0.564. The van der Waals surface area contributed by atoms with Gasteiger partial charge in [0.1, 0.15) is 5.75 Å². The van der Waals surface area contributed by atoms with Crippen LogP contribution in [0.15, 0.2) is 45.3 Å². The number of rotatable bonds is 4. The summed E-state index contributed by atoms with van der Waals surface area (Å²) in [5.74, 6) is 0.594. The van der Waals surface area contributed by atoms with Crippen molar-refractivity contribution >= 4 is 37.5 Å². The number of benzene rings is 2. The molecule has 0 saturated heterocycles. The minimum atomic E-state index is -0.615. The van der Waals surface area contributed by atoms with E-state index in [0.29, 0.717) is 20.3 Å². The van der Waals surface area contributed by atoms with Crippen LogP contribution >= 0.6 is 31.9 Å². The third-order valence-corrected chi connectivity index (χ3v) is 3.95. The molecule has 0 amide bonds. The predicted octanol–water partition coefficient (Wildman–Crippen LogP) is 4.97. The highest BCUT2D eigenvalue weighted by Crippen LogP contribution is 2.35. The SMILES string of the molecule is C[C@@H](O)c1ccc(Oc2ccc(Br)cc2[N+](=O)[O-])cc1Br. The lowest BCUT2D eigenvalue weighted by atomic mass is 10.1. The normalized spacial score (nSPS) is 12.0. The largest absolute Gasteiger partial charge is 0.450 e. The Morgan fingerprint density at radius 3 is 2.52 bits per heavy atom. The fourth-order valence-corrected chi connectivity index (χ4v) is 2.79. The van der Waals surface area contributed by atoms with Crippen LogP contribution in [0.1, 0.15) is 18.6 Å². The molecule has 0 aliphatic heterocycles. The predicted molar refractivity (Wildman–Crippen MR) is 85.6 cm³/mol.